The Hall–Kier alpha value is -1.12. The van der Waals surface area contributed by atoms with Crippen LogP contribution in [-0.4, -0.2) is 42.0 Å². The van der Waals surface area contributed by atoms with Crippen LogP contribution in [0, 0.1) is 17.2 Å². The number of piperidine rings is 1. The van der Waals surface area contributed by atoms with Crippen LogP contribution in [0.25, 0.3) is 0 Å². The molecule has 2 atom stereocenters. The van der Waals surface area contributed by atoms with Gasteiger partial charge in [0.2, 0.25) is 5.91 Å². The lowest BCUT2D eigenvalue weighted by molar-refractivity contribution is -0.124. The van der Waals surface area contributed by atoms with Crippen molar-refractivity contribution in [2.24, 2.45) is 11.7 Å². The van der Waals surface area contributed by atoms with Crippen LogP contribution in [0.2, 0.25) is 0 Å². The first-order valence-corrected chi connectivity index (χ1v) is 6.57. The molecule has 0 radical (unpaired) electrons. The van der Waals surface area contributed by atoms with Crippen molar-refractivity contribution in [3.8, 4) is 6.07 Å². The molecule has 0 aromatic heterocycles. The van der Waals surface area contributed by atoms with Crippen LogP contribution in [0.15, 0.2) is 0 Å². The third-order valence-corrected chi connectivity index (χ3v) is 3.70. The van der Waals surface area contributed by atoms with Gasteiger partial charge in [-0.3, -0.25) is 9.69 Å². The van der Waals surface area contributed by atoms with Crippen LogP contribution in [-0.2, 0) is 4.79 Å². The summed E-state index contributed by atoms with van der Waals surface area (Å²) < 4.78 is 0. The summed E-state index contributed by atoms with van der Waals surface area (Å²) in [5, 5.41) is 12.0. The van der Waals surface area contributed by atoms with Gasteiger partial charge < -0.3 is 11.1 Å². The van der Waals surface area contributed by atoms with Crippen LogP contribution in [0.4, 0.5) is 0 Å². The van der Waals surface area contributed by atoms with Gasteiger partial charge in [0.05, 0.1) is 12.6 Å². The molecule has 1 unspecified atom stereocenters. The van der Waals surface area contributed by atoms with E-state index < -0.39 is 5.54 Å². The first-order chi connectivity index (χ1) is 8.37. The summed E-state index contributed by atoms with van der Waals surface area (Å²) in [6.45, 7) is 7.63. The highest BCUT2D eigenvalue weighted by Gasteiger charge is 2.30. The van der Waals surface area contributed by atoms with E-state index in [-0.39, 0.29) is 17.9 Å². The van der Waals surface area contributed by atoms with Gasteiger partial charge in [-0.2, -0.15) is 5.26 Å². The number of nitrogens with two attached hydrogens (primary N) is 1. The molecule has 0 aromatic rings. The maximum atomic E-state index is 12.0. The molecule has 0 aromatic carbocycles. The standard InChI is InChI=1S/C13H24N4O/c1-10(2)13(3,9-14)16-12(18)8-17-6-4-5-11(15)7-17/h10-11H,4-8,15H2,1-3H3,(H,16,18)/t11-,13?/m1/s1. The number of carbonyl (C=O) groups excluding carboxylic acids is 1. The highest BCUT2D eigenvalue weighted by Crippen LogP contribution is 2.15. The average Bonchev–Trinajstić information content (AvgIpc) is 2.28. The topological polar surface area (TPSA) is 82.2 Å². The number of carbonyl (C=O) groups is 1. The van der Waals surface area contributed by atoms with E-state index in [1.807, 2.05) is 13.8 Å². The molecular weight excluding hydrogens is 228 g/mol. The largest absolute Gasteiger partial charge is 0.337 e. The van der Waals surface area contributed by atoms with Crippen LogP contribution < -0.4 is 11.1 Å². The third-order valence-electron chi connectivity index (χ3n) is 3.70. The molecule has 1 saturated heterocycles. The van der Waals surface area contributed by atoms with Crippen molar-refractivity contribution in [1.29, 1.82) is 5.26 Å². The molecular formula is C13H24N4O. The van der Waals surface area contributed by atoms with Crippen molar-refractivity contribution in [3.63, 3.8) is 0 Å². The molecule has 18 heavy (non-hydrogen) atoms. The maximum Gasteiger partial charge on any atom is 0.235 e. The SMILES string of the molecule is CC(C)C(C)(C#N)NC(=O)CN1CCC[C@@H](N)C1. The molecule has 3 N–H and O–H groups in total. The Balaban J connectivity index is 2.48. The lowest BCUT2D eigenvalue weighted by Crippen LogP contribution is -2.53. The number of amides is 1. The molecule has 0 spiro atoms. The Morgan fingerprint density at radius 1 is 1.67 bits per heavy atom. The molecule has 1 aliphatic rings. The van der Waals surface area contributed by atoms with Gasteiger partial charge in [0, 0.05) is 12.6 Å². The highest BCUT2D eigenvalue weighted by atomic mass is 16.2. The van der Waals surface area contributed by atoms with Crippen LogP contribution in [0.3, 0.4) is 0 Å². The Kier molecular flexibility index (Phi) is 5.12. The normalized spacial score (nSPS) is 24.3. The van der Waals surface area contributed by atoms with E-state index in [2.05, 4.69) is 16.3 Å². The van der Waals surface area contributed by atoms with Crippen molar-refractivity contribution in [2.45, 2.75) is 45.2 Å². The lowest BCUT2D eigenvalue weighted by Gasteiger charge is -2.32. The van der Waals surface area contributed by atoms with Crippen LogP contribution >= 0.6 is 0 Å². The van der Waals surface area contributed by atoms with E-state index in [9.17, 15) is 4.79 Å². The summed E-state index contributed by atoms with van der Waals surface area (Å²) in [5.74, 6) is -0.0167. The molecule has 1 heterocycles. The van der Waals surface area contributed by atoms with Crippen molar-refractivity contribution >= 4 is 5.91 Å². The summed E-state index contributed by atoms with van der Waals surface area (Å²) >= 11 is 0. The van der Waals surface area contributed by atoms with E-state index >= 15 is 0 Å². The zero-order chi connectivity index (χ0) is 13.8. The van der Waals surface area contributed by atoms with Gasteiger partial charge in [-0.05, 0) is 32.2 Å². The molecule has 1 amide bonds. The summed E-state index contributed by atoms with van der Waals surface area (Å²) in [6, 6.07) is 2.35. The summed E-state index contributed by atoms with van der Waals surface area (Å²) in [6.07, 6.45) is 2.06. The van der Waals surface area contributed by atoms with E-state index in [1.165, 1.54) is 0 Å². The number of likely N-dealkylation sites (tertiary alicyclic amines) is 1. The highest BCUT2D eigenvalue weighted by molar-refractivity contribution is 5.79. The van der Waals surface area contributed by atoms with Crippen molar-refractivity contribution in [1.82, 2.24) is 10.2 Å². The second kappa shape index (κ2) is 6.17. The molecule has 1 fully saturated rings. The zero-order valence-electron chi connectivity index (χ0n) is 11.6. The Bertz CT molecular complexity index is 336. The minimum Gasteiger partial charge on any atom is -0.337 e. The fraction of sp³-hybridized carbons (Fsp3) is 0.846. The molecule has 0 aliphatic carbocycles. The molecule has 0 bridgehead atoms. The number of nitrogens with one attached hydrogen (secondary N) is 1. The number of hydrogen-bond donors (Lipinski definition) is 2. The Morgan fingerprint density at radius 2 is 2.33 bits per heavy atom. The maximum absolute atomic E-state index is 12.0. The smallest absolute Gasteiger partial charge is 0.235 e. The number of hydrogen-bond acceptors (Lipinski definition) is 4. The molecule has 0 saturated carbocycles. The fourth-order valence-corrected chi connectivity index (χ4v) is 2.07. The van der Waals surface area contributed by atoms with E-state index in [0.29, 0.717) is 6.54 Å². The first-order valence-electron chi connectivity index (χ1n) is 6.57. The zero-order valence-corrected chi connectivity index (χ0v) is 11.6. The van der Waals surface area contributed by atoms with Gasteiger partial charge in [0.1, 0.15) is 5.54 Å². The molecule has 102 valence electrons. The Morgan fingerprint density at radius 3 is 2.83 bits per heavy atom. The quantitative estimate of drug-likeness (QED) is 0.761. The predicted octanol–water partition coefficient (Wildman–Crippen LogP) is 0.464. The summed E-state index contributed by atoms with van der Waals surface area (Å²) in [4.78, 5) is 14.0. The minimum atomic E-state index is -0.797. The monoisotopic (exact) mass is 252 g/mol. The molecule has 5 nitrogen and oxygen atoms in total. The van der Waals surface area contributed by atoms with E-state index in [4.69, 9.17) is 11.0 Å². The number of nitrogens with zero attached hydrogens (tertiary/aromatic N) is 2. The second-order valence-electron chi connectivity index (χ2n) is 5.65. The van der Waals surface area contributed by atoms with Crippen LogP contribution in [0.1, 0.15) is 33.6 Å². The van der Waals surface area contributed by atoms with Gasteiger partial charge in [0.25, 0.3) is 0 Å². The van der Waals surface area contributed by atoms with Gasteiger partial charge in [-0.15, -0.1) is 0 Å². The van der Waals surface area contributed by atoms with Crippen molar-refractivity contribution in [3.05, 3.63) is 0 Å². The van der Waals surface area contributed by atoms with Crippen molar-refractivity contribution < 1.29 is 4.79 Å². The predicted molar refractivity (Wildman–Crippen MR) is 70.6 cm³/mol. The molecule has 1 rings (SSSR count). The molecule has 5 heteroatoms. The average molecular weight is 252 g/mol. The minimum absolute atomic E-state index is 0.0788. The lowest BCUT2D eigenvalue weighted by atomic mass is 9.90. The van der Waals surface area contributed by atoms with Gasteiger partial charge in [0.15, 0.2) is 0 Å². The summed E-state index contributed by atoms with van der Waals surface area (Å²) in [5.41, 5.74) is 5.08. The number of rotatable bonds is 4. The first kappa shape index (κ1) is 14.9. The molecule has 1 aliphatic heterocycles. The van der Waals surface area contributed by atoms with Gasteiger partial charge >= 0.3 is 0 Å². The van der Waals surface area contributed by atoms with Gasteiger partial charge in [-0.1, -0.05) is 13.8 Å². The van der Waals surface area contributed by atoms with E-state index in [0.717, 1.165) is 25.9 Å². The van der Waals surface area contributed by atoms with Crippen LogP contribution in [0.5, 0.6) is 0 Å². The van der Waals surface area contributed by atoms with Crippen molar-refractivity contribution in [2.75, 3.05) is 19.6 Å². The number of nitriles is 1. The summed E-state index contributed by atoms with van der Waals surface area (Å²) in [7, 11) is 0. The fourth-order valence-electron chi connectivity index (χ4n) is 2.07. The second-order valence-corrected chi connectivity index (χ2v) is 5.65. The third kappa shape index (κ3) is 3.97. The van der Waals surface area contributed by atoms with Gasteiger partial charge in [-0.25, -0.2) is 0 Å². The van der Waals surface area contributed by atoms with E-state index in [1.54, 1.807) is 6.92 Å². The Labute approximate surface area is 109 Å².